The Morgan fingerprint density at radius 1 is 1.21 bits per heavy atom. The van der Waals surface area contributed by atoms with E-state index >= 15 is 0 Å². The fourth-order valence-electron chi connectivity index (χ4n) is 4.04. The highest BCUT2D eigenvalue weighted by molar-refractivity contribution is 7.14. The standard InChI is InChI=1S/C26H24FN3O3S/c1-2-17-10-21(14-29-12-19(13-29)26(31)32)34-25(17)30-15-23(28-16-30)18-8-9-24(22(27)11-18)33-20-6-4-3-5-7-20/h3-11,15-16,19H,2,12-14H2,1H3,(H,31,32). The van der Waals surface area contributed by atoms with Crippen LogP contribution in [0.4, 0.5) is 4.39 Å². The number of nitrogens with zero attached hydrogens (tertiary/aromatic N) is 3. The molecule has 2 aromatic carbocycles. The lowest BCUT2D eigenvalue weighted by atomic mass is 10.0. The Morgan fingerprint density at radius 2 is 2.00 bits per heavy atom. The van der Waals surface area contributed by atoms with Crippen LogP contribution in [0.3, 0.4) is 0 Å². The summed E-state index contributed by atoms with van der Waals surface area (Å²) in [4.78, 5) is 18.9. The fraction of sp³-hybridized carbons (Fsp3) is 0.231. The van der Waals surface area contributed by atoms with E-state index < -0.39 is 11.8 Å². The Labute approximate surface area is 200 Å². The van der Waals surface area contributed by atoms with Crippen LogP contribution in [-0.4, -0.2) is 38.6 Å². The first-order chi connectivity index (χ1) is 16.5. The Morgan fingerprint density at radius 3 is 2.71 bits per heavy atom. The molecule has 8 heteroatoms. The monoisotopic (exact) mass is 477 g/mol. The minimum Gasteiger partial charge on any atom is -0.481 e. The molecule has 3 heterocycles. The summed E-state index contributed by atoms with van der Waals surface area (Å²) in [5, 5.41) is 10.2. The molecule has 0 amide bonds. The number of carboxylic acids is 1. The highest BCUT2D eigenvalue weighted by atomic mass is 32.1. The van der Waals surface area contributed by atoms with Crippen molar-refractivity contribution in [1.82, 2.24) is 14.5 Å². The highest BCUT2D eigenvalue weighted by Crippen LogP contribution is 2.32. The summed E-state index contributed by atoms with van der Waals surface area (Å²) in [6.07, 6.45) is 4.53. The number of imidazole rings is 1. The number of hydrogen-bond donors (Lipinski definition) is 1. The highest BCUT2D eigenvalue weighted by Gasteiger charge is 2.32. The van der Waals surface area contributed by atoms with Crippen LogP contribution in [0.5, 0.6) is 11.5 Å². The van der Waals surface area contributed by atoms with Gasteiger partial charge in [-0.3, -0.25) is 14.3 Å². The number of thiophene rings is 1. The van der Waals surface area contributed by atoms with Crippen molar-refractivity contribution in [2.45, 2.75) is 19.9 Å². The maximum atomic E-state index is 14.7. The van der Waals surface area contributed by atoms with Gasteiger partial charge in [-0.1, -0.05) is 25.1 Å². The van der Waals surface area contributed by atoms with E-state index in [1.807, 2.05) is 29.0 Å². The molecule has 1 fully saturated rings. The van der Waals surface area contributed by atoms with Gasteiger partial charge in [-0.15, -0.1) is 11.3 Å². The third-order valence-electron chi connectivity index (χ3n) is 5.92. The molecule has 34 heavy (non-hydrogen) atoms. The summed E-state index contributed by atoms with van der Waals surface area (Å²) in [5.41, 5.74) is 2.55. The van der Waals surface area contributed by atoms with E-state index in [2.05, 4.69) is 22.9 Å². The summed E-state index contributed by atoms with van der Waals surface area (Å²) in [5.74, 6) is -0.680. The number of para-hydroxylation sites is 1. The van der Waals surface area contributed by atoms with E-state index in [-0.39, 0.29) is 11.7 Å². The summed E-state index contributed by atoms with van der Waals surface area (Å²) in [6.45, 7) is 4.04. The Balaban J connectivity index is 1.32. The molecule has 2 aromatic heterocycles. The van der Waals surface area contributed by atoms with Crippen molar-refractivity contribution < 1.29 is 19.0 Å². The van der Waals surface area contributed by atoms with Gasteiger partial charge in [0.1, 0.15) is 17.1 Å². The van der Waals surface area contributed by atoms with Crippen molar-refractivity contribution in [2.75, 3.05) is 13.1 Å². The van der Waals surface area contributed by atoms with Crippen LogP contribution in [0.2, 0.25) is 0 Å². The molecule has 1 N–H and O–H groups in total. The molecular weight excluding hydrogens is 453 g/mol. The first-order valence-corrected chi connectivity index (χ1v) is 12.0. The quantitative estimate of drug-likeness (QED) is 0.357. The van der Waals surface area contributed by atoms with E-state index in [0.29, 0.717) is 30.1 Å². The lowest BCUT2D eigenvalue weighted by Gasteiger charge is -2.36. The molecule has 0 radical (unpaired) electrons. The van der Waals surface area contributed by atoms with E-state index in [0.717, 1.165) is 18.0 Å². The first kappa shape index (κ1) is 22.3. The van der Waals surface area contributed by atoms with Crippen molar-refractivity contribution in [3.05, 3.63) is 83.4 Å². The normalized spacial score (nSPS) is 14.2. The minimum atomic E-state index is -0.723. The first-order valence-electron chi connectivity index (χ1n) is 11.1. The molecule has 0 unspecified atom stereocenters. The molecule has 6 nitrogen and oxygen atoms in total. The molecule has 5 rings (SSSR count). The predicted molar refractivity (Wildman–Crippen MR) is 129 cm³/mol. The van der Waals surface area contributed by atoms with Crippen molar-refractivity contribution in [3.63, 3.8) is 0 Å². The van der Waals surface area contributed by atoms with Gasteiger partial charge in [0.15, 0.2) is 11.6 Å². The number of carbonyl (C=O) groups is 1. The topological polar surface area (TPSA) is 67.6 Å². The van der Waals surface area contributed by atoms with Crippen molar-refractivity contribution in [2.24, 2.45) is 5.92 Å². The number of hydrogen-bond acceptors (Lipinski definition) is 5. The Hall–Kier alpha value is -3.49. The minimum absolute atomic E-state index is 0.168. The van der Waals surface area contributed by atoms with Crippen molar-refractivity contribution in [1.29, 1.82) is 0 Å². The number of rotatable bonds is 8. The van der Waals surface area contributed by atoms with Crippen molar-refractivity contribution in [3.8, 4) is 27.8 Å². The lowest BCUT2D eigenvalue weighted by molar-refractivity contribution is -0.147. The zero-order chi connectivity index (χ0) is 23.7. The molecule has 174 valence electrons. The number of ether oxygens (including phenoxy) is 1. The van der Waals surface area contributed by atoms with Crippen LogP contribution < -0.4 is 4.74 Å². The van der Waals surface area contributed by atoms with Gasteiger partial charge in [0, 0.05) is 36.3 Å². The van der Waals surface area contributed by atoms with Gasteiger partial charge in [-0.2, -0.15) is 0 Å². The summed E-state index contributed by atoms with van der Waals surface area (Å²) < 4.78 is 22.3. The Kier molecular flexibility index (Phi) is 6.17. The average Bonchev–Trinajstić information content (AvgIpc) is 3.45. The van der Waals surface area contributed by atoms with Crippen molar-refractivity contribution >= 4 is 17.3 Å². The summed E-state index contributed by atoms with van der Waals surface area (Å²) in [6, 6.07) is 16.2. The van der Waals surface area contributed by atoms with E-state index in [9.17, 15) is 9.18 Å². The number of likely N-dealkylation sites (tertiary alicyclic amines) is 1. The lowest BCUT2D eigenvalue weighted by Crippen LogP contribution is -2.49. The number of aliphatic carboxylic acids is 1. The SMILES string of the molecule is CCc1cc(CN2CC(C(=O)O)C2)sc1-n1cnc(-c2ccc(Oc3ccccc3)c(F)c2)c1. The number of aromatic nitrogens is 2. The van der Waals surface area contributed by atoms with Gasteiger partial charge >= 0.3 is 5.97 Å². The third-order valence-corrected chi connectivity index (χ3v) is 7.10. The second-order valence-electron chi connectivity index (χ2n) is 8.35. The van der Waals surface area contributed by atoms with Crippen LogP contribution in [-0.2, 0) is 17.8 Å². The molecule has 0 atom stereocenters. The van der Waals surface area contributed by atoms with Crippen LogP contribution in [0.15, 0.2) is 67.1 Å². The number of aryl methyl sites for hydroxylation is 1. The van der Waals surface area contributed by atoms with Crippen LogP contribution in [0.1, 0.15) is 17.4 Å². The van der Waals surface area contributed by atoms with Gasteiger partial charge in [0.2, 0.25) is 0 Å². The zero-order valence-electron chi connectivity index (χ0n) is 18.6. The second kappa shape index (κ2) is 9.40. The predicted octanol–water partition coefficient (Wildman–Crippen LogP) is 5.61. The van der Waals surface area contributed by atoms with Gasteiger partial charge in [0.25, 0.3) is 0 Å². The van der Waals surface area contributed by atoms with Gasteiger partial charge in [-0.05, 0) is 48.4 Å². The zero-order valence-corrected chi connectivity index (χ0v) is 19.5. The Bertz CT molecular complexity index is 1310. The molecule has 4 aromatic rings. The maximum Gasteiger partial charge on any atom is 0.309 e. The number of halogens is 1. The van der Waals surface area contributed by atoms with E-state index in [4.69, 9.17) is 9.84 Å². The van der Waals surface area contributed by atoms with Gasteiger partial charge in [0.05, 0.1) is 11.6 Å². The molecule has 1 aliphatic heterocycles. The van der Waals surface area contributed by atoms with E-state index in [1.54, 1.807) is 41.9 Å². The largest absolute Gasteiger partial charge is 0.481 e. The molecule has 1 saturated heterocycles. The smallest absolute Gasteiger partial charge is 0.309 e. The summed E-state index contributed by atoms with van der Waals surface area (Å²) in [7, 11) is 0. The third kappa shape index (κ3) is 4.60. The van der Waals surface area contributed by atoms with Gasteiger partial charge < -0.3 is 9.84 Å². The van der Waals surface area contributed by atoms with Crippen LogP contribution >= 0.6 is 11.3 Å². The fourth-order valence-corrected chi connectivity index (χ4v) is 5.28. The number of benzene rings is 2. The van der Waals surface area contributed by atoms with E-state index in [1.165, 1.54) is 16.5 Å². The molecule has 0 spiro atoms. The molecular formula is C26H24FN3O3S. The van der Waals surface area contributed by atoms with Crippen LogP contribution in [0.25, 0.3) is 16.3 Å². The van der Waals surface area contributed by atoms with Gasteiger partial charge in [-0.25, -0.2) is 9.37 Å². The number of carboxylic acid groups (broad SMARTS) is 1. The molecule has 0 aliphatic carbocycles. The second-order valence-corrected chi connectivity index (χ2v) is 9.47. The van der Waals surface area contributed by atoms with Crippen LogP contribution in [0, 0.1) is 11.7 Å². The molecule has 0 saturated carbocycles. The maximum absolute atomic E-state index is 14.7. The average molecular weight is 478 g/mol. The molecule has 0 bridgehead atoms. The molecule has 1 aliphatic rings. The summed E-state index contributed by atoms with van der Waals surface area (Å²) >= 11 is 1.68.